The maximum absolute atomic E-state index is 12.8. The van der Waals surface area contributed by atoms with Gasteiger partial charge in [0.2, 0.25) is 11.5 Å². The molecule has 10 heteroatoms. The van der Waals surface area contributed by atoms with Gasteiger partial charge in [-0.15, -0.1) is 11.3 Å². The molecule has 1 amide bonds. The second-order valence-electron chi connectivity index (χ2n) is 5.67. The van der Waals surface area contributed by atoms with Crippen molar-refractivity contribution in [3.05, 3.63) is 57.6 Å². The Bertz CT molecular complexity index is 1040. The number of aromatic nitrogens is 1. The van der Waals surface area contributed by atoms with Crippen molar-refractivity contribution in [2.24, 2.45) is 0 Å². The molecule has 3 aromatic rings. The van der Waals surface area contributed by atoms with Crippen LogP contribution in [-0.4, -0.2) is 37.1 Å². The highest BCUT2D eigenvalue weighted by Crippen LogP contribution is 2.46. The number of hydrogen-bond donors (Lipinski definition) is 1. The summed E-state index contributed by atoms with van der Waals surface area (Å²) in [6.07, 6.45) is 1.71. The number of carbonyl (C=O) groups excluding carboxylic acids is 1. The average molecular weight is 415 g/mol. The molecule has 0 saturated heterocycles. The van der Waals surface area contributed by atoms with Crippen LogP contribution in [0.25, 0.3) is 10.6 Å². The van der Waals surface area contributed by atoms with Crippen LogP contribution in [0.5, 0.6) is 17.2 Å². The minimum atomic E-state index is -0.693. The molecule has 0 spiro atoms. The highest BCUT2D eigenvalue weighted by atomic mass is 32.1. The third-order valence-electron chi connectivity index (χ3n) is 4.05. The molecule has 0 aliphatic heterocycles. The van der Waals surface area contributed by atoms with Crippen LogP contribution in [0.3, 0.4) is 0 Å². The van der Waals surface area contributed by atoms with Crippen molar-refractivity contribution in [2.75, 3.05) is 26.6 Å². The van der Waals surface area contributed by atoms with E-state index in [1.165, 1.54) is 38.7 Å². The number of amides is 1. The first-order valence-electron chi connectivity index (χ1n) is 8.28. The molecule has 0 saturated carbocycles. The first-order valence-corrected chi connectivity index (χ1v) is 9.16. The molecule has 29 heavy (non-hydrogen) atoms. The van der Waals surface area contributed by atoms with Crippen molar-refractivity contribution >= 4 is 28.6 Å². The van der Waals surface area contributed by atoms with Gasteiger partial charge in [-0.2, -0.15) is 0 Å². The fraction of sp³-hybridized carbons (Fsp3) is 0.158. The van der Waals surface area contributed by atoms with Crippen molar-refractivity contribution in [1.29, 1.82) is 0 Å². The van der Waals surface area contributed by atoms with Crippen LogP contribution in [0.1, 0.15) is 10.4 Å². The Balaban J connectivity index is 1.97. The summed E-state index contributed by atoms with van der Waals surface area (Å²) in [6, 6.07) is 8.24. The monoisotopic (exact) mass is 415 g/mol. The third kappa shape index (κ3) is 3.97. The van der Waals surface area contributed by atoms with E-state index in [0.717, 1.165) is 10.6 Å². The molecule has 0 radical (unpaired) electrons. The lowest BCUT2D eigenvalue weighted by atomic mass is 10.1. The predicted octanol–water partition coefficient (Wildman–Crippen LogP) is 4.00. The zero-order valence-electron chi connectivity index (χ0n) is 15.8. The predicted molar refractivity (Wildman–Crippen MR) is 108 cm³/mol. The van der Waals surface area contributed by atoms with Gasteiger partial charge in [0, 0.05) is 28.9 Å². The second kappa shape index (κ2) is 8.57. The number of rotatable bonds is 7. The summed E-state index contributed by atoms with van der Waals surface area (Å²) in [6.45, 7) is 0. The van der Waals surface area contributed by atoms with Gasteiger partial charge in [-0.25, -0.2) is 4.98 Å². The zero-order valence-corrected chi connectivity index (χ0v) is 16.6. The molecular weight excluding hydrogens is 398 g/mol. The molecule has 3 rings (SSSR count). The molecular formula is C19H17N3O6S. The van der Waals surface area contributed by atoms with Gasteiger partial charge in [-0.3, -0.25) is 14.9 Å². The van der Waals surface area contributed by atoms with Crippen molar-refractivity contribution in [1.82, 2.24) is 4.98 Å². The van der Waals surface area contributed by atoms with Crippen LogP contribution in [0.15, 0.2) is 41.9 Å². The Morgan fingerprint density at radius 3 is 2.31 bits per heavy atom. The number of ether oxygens (including phenoxy) is 3. The number of benzene rings is 2. The lowest BCUT2D eigenvalue weighted by Crippen LogP contribution is -2.15. The fourth-order valence-electron chi connectivity index (χ4n) is 2.76. The van der Waals surface area contributed by atoms with E-state index in [2.05, 4.69) is 10.3 Å². The molecule has 0 aliphatic rings. The number of anilines is 1. The van der Waals surface area contributed by atoms with E-state index in [9.17, 15) is 14.9 Å². The molecule has 0 aliphatic carbocycles. The Hall–Kier alpha value is -3.66. The summed E-state index contributed by atoms with van der Waals surface area (Å²) in [5.74, 6) is -0.704. The molecule has 1 aromatic heterocycles. The Morgan fingerprint density at radius 1 is 1.10 bits per heavy atom. The van der Waals surface area contributed by atoms with Crippen LogP contribution >= 0.6 is 11.3 Å². The number of carbonyl (C=O) groups is 1. The van der Waals surface area contributed by atoms with Gasteiger partial charge in [0.05, 0.1) is 26.3 Å². The topological polar surface area (TPSA) is 113 Å². The van der Waals surface area contributed by atoms with Gasteiger partial charge < -0.3 is 19.5 Å². The van der Waals surface area contributed by atoms with Gasteiger partial charge >= 0.3 is 5.69 Å². The lowest BCUT2D eigenvalue weighted by molar-refractivity contribution is -0.386. The zero-order chi connectivity index (χ0) is 21.0. The lowest BCUT2D eigenvalue weighted by Gasteiger charge is -2.15. The summed E-state index contributed by atoms with van der Waals surface area (Å²) >= 11 is 1.50. The summed E-state index contributed by atoms with van der Waals surface area (Å²) in [4.78, 5) is 28.0. The highest BCUT2D eigenvalue weighted by Gasteiger charge is 2.32. The number of nitro groups is 1. The summed E-state index contributed by atoms with van der Waals surface area (Å²) < 4.78 is 15.5. The molecule has 0 atom stereocenters. The molecule has 1 N–H and O–H groups in total. The van der Waals surface area contributed by atoms with Crippen LogP contribution in [0, 0.1) is 10.1 Å². The summed E-state index contributed by atoms with van der Waals surface area (Å²) in [7, 11) is 3.94. The van der Waals surface area contributed by atoms with Gasteiger partial charge in [0.15, 0.2) is 5.75 Å². The van der Waals surface area contributed by atoms with Crippen molar-refractivity contribution < 1.29 is 23.9 Å². The van der Waals surface area contributed by atoms with Crippen molar-refractivity contribution in [2.45, 2.75) is 0 Å². The maximum Gasteiger partial charge on any atom is 0.327 e. The van der Waals surface area contributed by atoms with Crippen LogP contribution in [0.4, 0.5) is 11.4 Å². The number of nitrogens with one attached hydrogen (secondary N) is 1. The Labute approximate surface area is 170 Å². The maximum atomic E-state index is 12.8. The molecule has 2 aromatic carbocycles. The van der Waals surface area contributed by atoms with Crippen LogP contribution < -0.4 is 19.5 Å². The largest absolute Gasteiger partial charge is 0.493 e. The molecule has 0 bridgehead atoms. The number of thiazole rings is 1. The minimum absolute atomic E-state index is 0.0334. The molecule has 0 fully saturated rings. The number of methoxy groups -OCH3 is 3. The van der Waals surface area contributed by atoms with Gasteiger partial charge in [-0.05, 0) is 24.3 Å². The molecule has 9 nitrogen and oxygen atoms in total. The van der Waals surface area contributed by atoms with Crippen LogP contribution in [0.2, 0.25) is 0 Å². The SMILES string of the molecule is COc1cc(C(=O)Nc2ccc(-c3nccs3)cc2)c([N+](=O)[O-])c(OC)c1OC. The molecule has 1 heterocycles. The fourth-order valence-corrected chi connectivity index (χ4v) is 3.40. The second-order valence-corrected chi connectivity index (χ2v) is 6.56. The van der Waals surface area contributed by atoms with Gasteiger partial charge in [-0.1, -0.05) is 0 Å². The van der Waals surface area contributed by atoms with Gasteiger partial charge in [0.25, 0.3) is 5.91 Å². The number of nitrogens with zero attached hydrogens (tertiary/aromatic N) is 2. The van der Waals surface area contributed by atoms with E-state index < -0.39 is 16.5 Å². The van der Waals surface area contributed by atoms with E-state index >= 15 is 0 Å². The number of nitro benzene ring substituents is 1. The van der Waals surface area contributed by atoms with E-state index in [0.29, 0.717) is 5.69 Å². The first kappa shape index (κ1) is 20.1. The summed E-state index contributed by atoms with van der Waals surface area (Å²) in [5.41, 5.74) is 0.644. The third-order valence-corrected chi connectivity index (χ3v) is 4.88. The quantitative estimate of drug-likeness (QED) is 0.458. The van der Waals surface area contributed by atoms with E-state index in [1.54, 1.807) is 30.5 Å². The Morgan fingerprint density at radius 2 is 1.79 bits per heavy atom. The van der Waals surface area contributed by atoms with Crippen molar-refractivity contribution in [3.8, 4) is 27.8 Å². The molecule has 0 unspecified atom stereocenters. The Kier molecular flexibility index (Phi) is 5.93. The van der Waals surface area contributed by atoms with E-state index in [-0.39, 0.29) is 22.8 Å². The normalized spacial score (nSPS) is 10.3. The number of hydrogen-bond acceptors (Lipinski definition) is 8. The van der Waals surface area contributed by atoms with E-state index in [1.807, 2.05) is 5.38 Å². The smallest absolute Gasteiger partial charge is 0.327 e. The minimum Gasteiger partial charge on any atom is -0.493 e. The van der Waals surface area contributed by atoms with Crippen molar-refractivity contribution in [3.63, 3.8) is 0 Å². The molecule has 150 valence electrons. The van der Waals surface area contributed by atoms with Gasteiger partial charge in [0.1, 0.15) is 10.6 Å². The van der Waals surface area contributed by atoms with Crippen LogP contribution in [-0.2, 0) is 0 Å². The van der Waals surface area contributed by atoms with E-state index in [4.69, 9.17) is 14.2 Å². The average Bonchev–Trinajstić information content (AvgIpc) is 3.27. The highest BCUT2D eigenvalue weighted by molar-refractivity contribution is 7.13. The standard InChI is InChI=1S/C19H17N3O6S/c1-26-14-10-13(15(22(24)25)17(28-3)16(14)27-2)18(23)21-12-6-4-11(5-7-12)19-20-8-9-29-19/h4-10H,1-3H3,(H,21,23). The first-order chi connectivity index (χ1) is 14.0. The summed E-state index contributed by atoms with van der Waals surface area (Å²) in [5, 5.41) is 17.0.